The average Bonchev–Trinajstić information content (AvgIpc) is 2.83. The number of nitrogens with two attached hydrogens (primary N) is 1. The van der Waals surface area contributed by atoms with Gasteiger partial charge in [-0.25, -0.2) is 4.98 Å². The van der Waals surface area contributed by atoms with E-state index in [1.807, 2.05) is 18.2 Å². The van der Waals surface area contributed by atoms with E-state index in [0.29, 0.717) is 18.3 Å². The Kier molecular flexibility index (Phi) is 3.40. The Morgan fingerprint density at radius 2 is 2.37 bits per heavy atom. The Bertz CT molecular complexity index is 567. The molecule has 0 bridgehead atoms. The third-order valence-corrected chi connectivity index (χ3v) is 3.53. The second-order valence-corrected chi connectivity index (χ2v) is 4.94. The average molecular weight is 261 g/mol. The smallest absolute Gasteiger partial charge is 0.209 e. The molecule has 1 unspecified atom stereocenters. The summed E-state index contributed by atoms with van der Waals surface area (Å²) in [6.45, 7) is 5.50. The molecular formula is C14H19N3O2. The van der Waals surface area contributed by atoms with E-state index >= 15 is 0 Å². The lowest BCUT2D eigenvalue weighted by Crippen LogP contribution is -2.41. The van der Waals surface area contributed by atoms with Gasteiger partial charge in [0.25, 0.3) is 0 Å². The first-order valence-corrected chi connectivity index (χ1v) is 6.74. The van der Waals surface area contributed by atoms with Crippen molar-refractivity contribution >= 4 is 16.8 Å². The number of aromatic nitrogens is 1. The van der Waals surface area contributed by atoms with Crippen LogP contribution in [0.3, 0.4) is 0 Å². The van der Waals surface area contributed by atoms with E-state index < -0.39 is 0 Å². The van der Waals surface area contributed by atoms with Crippen molar-refractivity contribution in [3.63, 3.8) is 0 Å². The van der Waals surface area contributed by atoms with Gasteiger partial charge in [0.05, 0.1) is 24.9 Å². The molecule has 0 aliphatic carbocycles. The van der Waals surface area contributed by atoms with Crippen LogP contribution in [0.25, 0.3) is 11.1 Å². The van der Waals surface area contributed by atoms with Crippen LogP contribution < -0.4 is 5.73 Å². The molecule has 0 radical (unpaired) electrons. The second-order valence-electron chi connectivity index (χ2n) is 4.94. The molecule has 2 N–H and O–H groups in total. The second kappa shape index (κ2) is 5.19. The third kappa shape index (κ3) is 2.57. The SMILES string of the molecule is CCC1CN(Cc2nc3c(N)cccc3o2)CCO1. The molecule has 1 aromatic carbocycles. The molecular weight excluding hydrogens is 242 g/mol. The van der Waals surface area contributed by atoms with Gasteiger partial charge in [0.2, 0.25) is 5.89 Å². The number of benzene rings is 1. The summed E-state index contributed by atoms with van der Waals surface area (Å²) >= 11 is 0. The fourth-order valence-corrected chi connectivity index (χ4v) is 2.45. The summed E-state index contributed by atoms with van der Waals surface area (Å²) in [5, 5.41) is 0. The number of morpholine rings is 1. The van der Waals surface area contributed by atoms with Crippen LogP contribution in [-0.4, -0.2) is 35.7 Å². The maximum absolute atomic E-state index is 5.89. The van der Waals surface area contributed by atoms with Crippen molar-refractivity contribution in [2.24, 2.45) is 0 Å². The lowest BCUT2D eigenvalue weighted by atomic mass is 10.2. The molecule has 0 amide bonds. The summed E-state index contributed by atoms with van der Waals surface area (Å²) < 4.78 is 11.4. The molecule has 1 saturated heterocycles. The Labute approximate surface area is 112 Å². The van der Waals surface area contributed by atoms with Crippen molar-refractivity contribution in [2.75, 3.05) is 25.4 Å². The van der Waals surface area contributed by atoms with Crippen LogP contribution in [0.2, 0.25) is 0 Å². The minimum Gasteiger partial charge on any atom is -0.439 e. The third-order valence-electron chi connectivity index (χ3n) is 3.53. The summed E-state index contributed by atoms with van der Waals surface area (Å²) in [5.74, 6) is 0.727. The minimum atomic E-state index is 0.322. The monoisotopic (exact) mass is 261 g/mol. The summed E-state index contributed by atoms with van der Waals surface area (Å²) in [6.07, 6.45) is 1.36. The first kappa shape index (κ1) is 12.4. The summed E-state index contributed by atoms with van der Waals surface area (Å²) in [4.78, 5) is 6.80. The molecule has 0 spiro atoms. The number of anilines is 1. The van der Waals surface area contributed by atoms with Gasteiger partial charge >= 0.3 is 0 Å². The highest BCUT2D eigenvalue weighted by Gasteiger charge is 2.20. The van der Waals surface area contributed by atoms with Crippen LogP contribution in [-0.2, 0) is 11.3 Å². The highest BCUT2D eigenvalue weighted by atomic mass is 16.5. The van der Waals surface area contributed by atoms with Crippen molar-refractivity contribution < 1.29 is 9.15 Å². The molecule has 1 aliphatic rings. The fraction of sp³-hybridized carbons (Fsp3) is 0.500. The predicted octanol–water partition coefficient (Wildman–Crippen LogP) is 2.02. The molecule has 19 heavy (non-hydrogen) atoms. The molecule has 3 rings (SSSR count). The topological polar surface area (TPSA) is 64.5 Å². The van der Waals surface area contributed by atoms with Crippen LogP contribution in [0.5, 0.6) is 0 Å². The van der Waals surface area contributed by atoms with Crippen molar-refractivity contribution in [3.05, 3.63) is 24.1 Å². The van der Waals surface area contributed by atoms with Crippen molar-refractivity contribution in [2.45, 2.75) is 26.0 Å². The van der Waals surface area contributed by atoms with E-state index in [4.69, 9.17) is 14.9 Å². The molecule has 1 aliphatic heterocycles. The summed E-state index contributed by atoms with van der Waals surface area (Å²) in [7, 11) is 0. The lowest BCUT2D eigenvalue weighted by molar-refractivity contribution is -0.0345. The maximum atomic E-state index is 5.89. The molecule has 0 saturated carbocycles. The van der Waals surface area contributed by atoms with Gasteiger partial charge in [-0.05, 0) is 18.6 Å². The van der Waals surface area contributed by atoms with Gasteiger partial charge in [-0.2, -0.15) is 0 Å². The van der Waals surface area contributed by atoms with E-state index in [1.165, 1.54) is 0 Å². The number of fused-ring (bicyclic) bond motifs is 1. The van der Waals surface area contributed by atoms with E-state index in [2.05, 4.69) is 16.8 Å². The van der Waals surface area contributed by atoms with Crippen LogP contribution in [0.4, 0.5) is 5.69 Å². The number of hydrogen-bond acceptors (Lipinski definition) is 5. The first-order chi connectivity index (χ1) is 9.26. The number of nitrogens with zero attached hydrogens (tertiary/aromatic N) is 2. The van der Waals surface area contributed by atoms with Gasteiger partial charge in [-0.15, -0.1) is 0 Å². The number of oxazole rings is 1. The normalized spacial score (nSPS) is 21.0. The maximum Gasteiger partial charge on any atom is 0.209 e. The van der Waals surface area contributed by atoms with Crippen molar-refractivity contribution in [3.8, 4) is 0 Å². The summed E-state index contributed by atoms with van der Waals surface area (Å²) in [6, 6.07) is 5.63. The predicted molar refractivity (Wildman–Crippen MR) is 73.7 cm³/mol. The molecule has 1 aromatic heterocycles. The molecule has 2 aromatic rings. The van der Waals surface area contributed by atoms with Crippen LogP contribution >= 0.6 is 0 Å². The lowest BCUT2D eigenvalue weighted by Gasteiger charge is -2.31. The Hall–Kier alpha value is -1.59. The molecule has 1 fully saturated rings. The quantitative estimate of drug-likeness (QED) is 0.856. The van der Waals surface area contributed by atoms with Gasteiger partial charge < -0.3 is 14.9 Å². The zero-order chi connectivity index (χ0) is 13.2. The van der Waals surface area contributed by atoms with E-state index in [-0.39, 0.29) is 0 Å². The fourth-order valence-electron chi connectivity index (χ4n) is 2.45. The number of nitrogen functional groups attached to an aromatic ring is 1. The number of rotatable bonds is 3. The highest BCUT2D eigenvalue weighted by molar-refractivity contribution is 5.85. The molecule has 5 heteroatoms. The molecule has 1 atom stereocenters. The van der Waals surface area contributed by atoms with Crippen LogP contribution in [0.1, 0.15) is 19.2 Å². The standard InChI is InChI=1S/C14H19N3O2/c1-2-10-8-17(6-7-18-10)9-13-16-14-11(15)4-3-5-12(14)19-13/h3-5,10H,2,6-9,15H2,1H3. The van der Waals surface area contributed by atoms with Gasteiger partial charge in [0, 0.05) is 13.1 Å². The van der Waals surface area contributed by atoms with Crippen molar-refractivity contribution in [1.29, 1.82) is 0 Å². The van der Waals surface area contributed by atoms with Crippen molar-refractivity contribution in [1.82, 2.24) is 9.88 Å². The van der Waals surface area contributed by atoms with Gasteiger partial charge in [-0.1, -0.05) is 13.0 Å². The van der Waals surface area contributed by atoms with Gasteiger partial charge in [-0.3, -0.25) is 4.90 Å². The number of para-hydroxylation sites is 1. The zero-order valence-electron chi connectivity index (χ0n) is 11.1. The van der Waals surface area contributed by atoms with Gasteiger partial charge in [0.15, 0.2) is 5.58 Å². The van der Waals surface area contributed by atoms with Crippen LogP contribution in [0.15, 0.2) is 22.6 Å². The highest BCUT2D eigenvalue weighted by Crippen LogP contribution is 2.22. The number of ether oxygens (including phenoxy) is 1. The molecule has 102 valence electrons. The molecule has 5 nitrogen and oxygen atoms in total. The Morgan fingerprint density at radius 3 is 3.16 bits per heavy atom. The summed E-state index contributed by atoms with van der Waals surface area (Å²) in [5.41, 5.74) is 8.08. The van der Waals surface area contributed by atoms with Crippen LogP contribution in [0, 0.1) is 0 Å². The van der Waals surface area contributed by atoms with E-state index in [1.54, 1.807) is 0 Å². The minimum absolute atomic E-state index is 0.322. The van der Waals surface area contributed by atoms with E-state index in [0.717, 1.165) is 43.1 Å². The van der Waals surface area contributed by atoms with E-state index in [9.17, 15) is 0 Å². The van der Waals surface area contributed by atoms with Gasteiger partial charge in [0.1, 0.15) is 5.52 Å². The molecule has 2 heterocycles. The zero-order valence-corrected chi connectivity index (χ0v) is 11.1. The first-order valence-electron chi connectivity index (χ1n) is 6.74. The Morgan fingerprint density at radius 1 is 1.47 bits per heavy atom. The largest absolute Gasteiger partial charge is 0.439 e. The Balaban J connectivity index is 1.76. The number of hydrogen-bond donors (Lipinski definition) is 1.